The van der Waals surface area contributed by atoms with E-state index in [-0.39, 0.29) is 24.0 Å². The summed E-state index contributed by atoms with van der Waals surface area (Å²) in [7, 11) is 1.60. The third-order valence-corrected chi connectivity index (χ3v) is 2.33. The molecule has 1 aromatic rings. The van der Waals surface area contributed by atoms with E-state index >= 15 is 0 Å². The van der Waals surface area contributed by atoms with Gasteiger partial charge in [-0.25, -0.2) is 0 Å². The molecule has 0 heterocycles. The quantitative estimate of drug-likeness (QED) is 0.649. The van der Waals surface area contributed by atoms with Gasteiger partial charge in [-0.3, -0.25) is 0 Å². The fourth-order valence-electron chi connectivity index (χ4n) is 0.836. The van der Waals surface area contributed by atoms with E-state index in [0.717, 1.165) is 15.8 Å². The van der Waals surface area contributed by atoms with E-state index in [0.29, 0.717) is 0 Å². The Bertz CT molecular complexity index is 326. The smallest absolute Gasteiger partial charge is 0 e. The van der Waals surface area contributed by atoms with Gasteiger partial charge in [-0.05, 0) is 27.6 Å². The molecule has 18 heavy (non-hydrogen) atoms. The average molecular weight is 353 g/mol. The number of rotatable bonds is 2. The molecule has 7 heteroatoms. The summed E-state index contributed by atoms with van der Waals surface area (Å²) < 4.78 is 28.4. The second kappa shape index (κ2) is 21.5. The maximum Gasteiger partial charge on any atom is 0 e. The van der Waals surface area contributed by atoms with Crippen molar-refractivity contribution in [3.05, 3.63) is 48.2 Å². The van der Waals surface area contributed by atoms with E-state index < -0.39 is 0 Å². The number of methoxy groups -OCH3 is 1. The summed E-state index contributed by atoms with van der Waals surface area (Å²) in [4.78, 5) is 0. The van der Waals surface area contributed by atoms with Crippen molar-refractivity contribution in [1.82, 2.24) is 0 Å². The fraction of sp³-hybridized carbons (Fsp3) is 0.182. The molecule has 96 valence electrons. The van der Waals surface area contributed by atoms with Gasteiger partial charge in [0.05, 0.1) is 18.2 Å². The van der Waals surface area contributed by atoms with Crippen LogP contribution in [0.5, 0.6) is 5.75 Å². The summed E-state index contributed by atoms with van der Waals surface area (Å²) in [5.41, 5.74) is 0.837. The van der Waals surface area contributed by atoms with Gasteiger partial charge in [0, 0.05) is 17.4 Å². The van der Waals surface area contributed by atoms with Crippen LogP contribution in [0.3, 0.4) is 0 Å². The first-order valence-corrected chi connectivity index (χ1v) is 4.62. The summed E-state index contributed by atoms with van der Waals surface area (Å²) in [5.74, 6) is 0.747. The fourth-order valence-corrected chi connectivity index (χ4v) is 1.39. The largest absolute Gasteiger partial charge is 0 e. The zero-order chi connectivity index (χ0) is 14.3. The standard InChI is InChI=1S/C8H9BrO2.3CO.Cr/c1-11-7-4-2-3-6(5-10)8(7)9;3*1-2;/h2-4,10H,5H2,1H3;;;;. The molecule has 0 unspecified atom stereocenters. The molecule has 0 aliphatic rings. The average Bonchev–Trinajstić information content (AvgIpc) is 2.45. The molecule has 0 amide bonds. The maximum absolute atomic E-state index is 8.85. The number of aliphatic hydroxyl groups excluding tert-OH is 1. The van der Waals surface area contributed by atoms with E-state index in [1.54, 1.807) is 7.11 Å². The van der Waals surface area contributed by atoms with Gasteiger partial charge >= 0.3 is 33.9 Å². The first kappa shape index (κ1) is 25.9. The van der Waals surface area contributed by atoms with Crippen molar-refractivity contribution in [1.29, 1.82) is 0 Å². The molecule has 0 saturated carbocycles. The molecule has 1 aromatic carbocycles. The molecular formula is C11H9BrCrO5. The van der Waals surface area contributed by atoms with E-state index in [4.69, 9.17) is 23.8 Å². The van der Waals surface area contributed by atoms with Crippen LogP contribution in [0.15, 0.2) is 22.7 Å². The van der Waals surface area contributed by atoms with E-state index in [2.05, 4.69) is 35.9 Å². The van der Waals surface area contributed by atoms with Crippen LogP contribution in [0.4, 0.5) is 0 Å². The zero-order valence-corrected chi connectivity index (χ0v) is 12.2. The summed E-state index contributed by atoms with van der Waals surface area (Å²) in [6.07, 6.45) is 0. The minimum atomic E-state index is 0. The van der Waals surface area contributed by atoms with Crippen LogP contribution in [-0.2, 0) is 37.9 Å². The van der Waals surface area contributed by atoms with Gasteiger partial charge in [0.2, 0.25) is 0 Å². The van der Waals surface area contributed by atoms with Crippen LogP contribution in [-0.4, -0.2) is 12.2 Å². The molecule has 0 bridgehead atoms. The predicted octanol–water partition coefficient (Wildman–Crippen LogP) is 1.83. The number of aliphatic hydroxyl groups is 1. The molecule has 0 fully saturated rings. The number of halogens is 1. The molecular weight excluding hydrogens is 344 g/mol. The summed E-state index contributed by atoms with van der Waals surface area (Å²) in [5, 5.41) is 8.85. The van der Waals surface area contributed by atoms with Crippen molar-refractivity contribution < 1.29 is 41.2 Å². The van der Waals surface area contributed by atoms with Crippen molar-refractivity contribution in [3.63, 3.8) is 0 Å². The Kier molecular flexibility index (Phi) is 30.9. The van der Waals surface area contributed by atoms with Crippen LogP contribution in [0.2, 0.25) is 0 Å². The van der Waals surface area contributed by atoms with Crippen molar-refractivity contribution in [2.45, 2.75) is 6.61 Å². The number of hydrogen-bond acceptors (Lipinski definition) is 2. The molecule has 5 nitrogen and oxygen atoms in total. The Morgan fingerprint density at radius 1 is 1.17 bits per heavy atom. The van der Waals surface area contributed by atoms with Gasteiger partial charge in [-0.15, -0.1) is 0 Å². The van der Waals surface area contributed by atoms with Crippen molar-refractivity contribution in [3.8, 4) is 5.75 Å². The van der Waals surface area contributed by atoms with Gasteiger partial charge in [-0.1, -0.05) is 12.1 Å². The van der Waals surface area contributed by atoms with E-state index in [9.17, 15) is 0 Å². The zero-order valence-electron chi connectivity index (χ0n) is 9.31. The van der Waals surface area contributed by atoms with Crippen molar-refractivity contribution >= 4 is 15.9 Å². The Morgan fingerprint density at radius 3 is 1.94 bits per heavy atom. The molecule has 0 aromatic heterocycles. The molecule has 0 atom stereocenters. The second-order valence-electron chi connectivity index (χ2n) is 2.09. The normalized spacial score (nSPS) is 6.28. The topological polar surface area (TPSA) is 89.2 Å². The van der Waals surface area contributed by atoms with Crippen molar-refractivity contribution in [2.75, 3.05) is 7.11 Å². The molecule has 0 spiro atoms. The molecule has 0 radical (unpaired) electrons. The number of ether oxygens (including phenoxy) is 1. The third-order valence-electron chi connectivity index (χ3n) is 1.43. The Morgan fingerprint density at radius 2 is 1.61 bits per heavy atom. The van der Waals surface area contributed by atoms with Gasteiger partial charge < -0.3 is 9.84 Å². The van der Waals surface area contributed by atoms with Crippen LogP contribution >= 0.6 is 15.9 Å². The van der Waals surface area contributed by atoms with Crippen LogP contribution in [0, 0.1) is 20.0 Å². The van der Waals surface area contributed by atoms with Gasteiger partial charge in [0.1, 0.15) is 5.75 Å². The van der Waals surface area contributed by atoms with E-state index in [1.165, 1.54) is 0 Å². The minimum Gasteiger partial charge on any atom is 0 e. The van der Waals surface area contributed by atoms with Crippen LogP contribution in [0.25, 0.3) is 0 Å². The van der Waals surface area contributed by atoms with Crippen molar-refractivity contribution in [2.24, 2.45) is 0 Å². The monoisotopic (exact) mass is 352 g/mol. The molecule has 0 aliphatic carbocycles. The predicted molar refractivity (Wildman–Crippen MR) is 58.4 cm³/mol. The Hall–Kier alpha value is -0.788. The van der Waals surface area contributed by atoms with Gasteiger partial charge in [0.25, 0.3) is 0 Å². The first-order valence-electron chi connectivity index (χ1n) is 3.83. The third kappa shape index (κ3) is 10.4. The van der Waals surface area contributed by atoms with Gasteiger partial charge in [-0.2, -0.15) is 0 Å². The second-order valence-corrected chi connectivity index (χ2v) is 2.88. The van der Waals surface area contributed by atoms with Gasteiger partial charge in [0.15, 0.2) is 0 Å². The number of benzene rings is 1. The maximum atomic E-state index is 8.85. The molecule has 0 aliphatic heterocycles. The molecule has 1 N–H and O–H groups in total. The van der Waals surface area contributed by atoms with Crippen LogP contribution < -0.4 is 4.74 Å². The molecule has 1 rings (SSSR count). The SMILES string of the molecule is COc1cccc(CO)c1Br.[C-]#[O+].[C-]#[O+].[C-]#[O+].[Cr]. The summed E-state index contributed by atoms with van der Waals surface area (Å²) >= 11 is 3.32. The number of hydrogen-bond donors (Lipinski definition) is 1. The summed E-state index contributed by atoms with van der Waals surface area (Å²) in [6.45, 7) is 13.5. The van der Waals surface area contributed by atoms with E-state index in [1.807, 2.05) is 18.2 Å². The Labute approximate surface area is 125 Å². The Balaban J connectivity index is -0.000000123. The van der Waals surface area contributed by atoms with Crippen LogP contribution in [0.1, 0.15) is 5.56 Å². The summed E-state index contributed by atoms with van der Waals surface area (Å²) in [6, 6.07) is 5.52. The minimum absolute atomic E-state index is 0. The molecule has 0 saturated heterocycles. The first-order chi connectivity index (χ1) is 8.29.